The molecule has 2 aromatic carbocycles. The van der Waals surface area contributed by atoms with Gasteiger partial charge in [-0.05, 0) is 42.2 Å². The number of carbonyl (C=O) groups excluding carboxylic acids is 1. The molecular formula is C25H31F4NO6. The average molecular weight is 518 g/mol. The lowest BCUT2D eigenvalue weighted by Crippen LogP contribution is -2.45. The number of esters is 1. The Morgan fingerprint density at radius 2 is 1.61 bits per heavy atom. The molecule has 0 aromatic heterocycles. The highest BCUT2D eigenvalue weighted by Gasteiger charge is 2.43. The van der Waals surface area contributed by atoms with Gasteiger partial charge >= 0.3 is 12.1 Å². The minimum absolute atomic E-state index is 0.0463. The number of benzene rings is 2. The summed E-state index contributed by atoms with van der Waals surface area (Å²) in [5.74, 6) is -1.27. The van der Waals surface area contributed by atoms with Gasteiger partial charge in [0.05, 0.1) is 7.11 Å². The van der Waals surface area contributed by atoms with Crippen LogP contribution in [-0.4, -0.2) is 53.1 Å². The van der Waals surface area contributed by atoms with Crippen LogP contribution >= 0.6 is 0 Å². The van der Waals surface area contributed by atoms with Crippen molar-refractivity contribution < 1.29 is 46.0 Å². The van der Waals surface area contributed by atoms with E-state index in [1.807, 2.05) is 0 Å². The number of methoxy groups -OCH3 is 3. The van der Waals surface area contributed by atoms with Gasteiger partial charge in [0, 0.05) is 25.3 Å². The van der Waals surface area contributed by atoms with Crippen LogP contribution in [0.5, 0.6) is 11.5 Å². The summed E-state index contributed by atoms with van der Waals surface area (Å²) in [7, 11) is 3.89. The van der Waals surface area contributed by atoms with Crippen LogP contribution in [0.4, 0.5) is 17.6 Å². The van der Waals surface area contributed by atoms with Gasteiger partial charge in [-0.2, -0.15) is 13.2 Å². The first-order valence-corrected chi connectivity index (χ1v) is 11.1. The number of hydrogen-bond acceptors (Lipinski definition) is 7. The molecule has 0 aliphatic rings. The van der Waals surface area contributed by atoms with Crippen LogP contribution in [0.25, 0.3) is 11.1 Å². The molecule has 2 atom stereocenters. The lowest BCUT2D eigenvalue weighted by Gasteiger charge is -2.28. The van der Waals surface area contributed by atoms with E-state index < -0.39 is 30.0 Å². The third kappa shape index (κ3) is 8.07. The predicted octanol–water partition coefficient (Wildman–Crippen LogP) is 5.24. The number of rotatable bonds is 13. The summed E-state index contributed by atoms with van der Waals surface area (Å²) in [6.45, 7) is 3.20. The van der Waals surface area contributed by atoms with Gasteiger partial charge < -0.3 is 23.7 Å². The summed E-state index contributed by atoms with van der Waals surface area (Å²) in [4.78, 5) is 12.2. The fraction of sp³-hybridized carbons (Fsp3) is 0.480. The SMILES string of the molecule is COCOc1ccc(F)c(-c2ccc(C(N[C@@H](CC(C)C)C(=O)OC)C(F)(F)F)cc2OCOC)c1. The standard InChI is InChI=1S/C25H31F4NO6/c1-15(2)10-21(24(31)34-5)30-23(25(27,28)29)16-6-8-18(22(11-16)36-14-33-4)19-12-17(35-13-32-3)7-9-20(19)26/h6-9,11-12,15,21,23,30H,10,13-14H2,1-5H3/t21-,23?/m0/s1. The minimum atomic E-state index is -4.76. The molecule has 200 valence electrons. The molecule has 0 radical (unpaired) electrons. The van der Waals surface area contributed by atoms with E-state index in [-0.39, 0.29) is 48.4 Å². The second-order valence-electron chi connectivity index (χ2n) is 8.35. The molecule has 0 spiro atoms. The lowest BCUT2D eigenvalue weighted by atomic mass is 9.97. The Kier molecular flexibility index (Phi) is 10.9. The molecule has 7 nitrogen and oxygen atoms in total. The highest BCUT2D eigenvalue weighted by Crippen LogP contribution is 2.40. The number of carbonyl (C=O) groups is 1. The van der Waals surface area contributed by atoms with Gasteiger partial charge in [-0.3, -0.25) is 10.1 Å². The van der Waals surface area contributed by atoms with Crippen molar-refractivity contribution in [2.75, 3.05) is 34.9 Å². The Bertz CT molecular complexity index is 999. The van der Waals surface area contributed by atoms with Gasteiger partial charge in [0.2, 0.25) is 0 Å². The molecule has 1 unspecified atom stereocenters. The zero-order valence-electron chi connectivity index (χ0n) is 20.8. The molecule has 36 heavy (non-hydrogen) atoms. The smallest absolute Gasteiger partial charge is 0.407 e. The molecule has 2 rings (SSSR count). The predicted molar refractivity (Wildman–Crippen MR) is 124 cm³/mol. The van der Waals surface area contributed by atoms with Crippen LogP contribution < -0.4 is 14.8 Å². The van der Waals surface area contributed by atoms with Crippen molar-refractivity contribution in [3.05, 3.63) is 47.8 Å². The second-order valence-corrected chi connectivity index (χ2v) is 8.35. The molecule has 0 saturated carbocycles. The summed E-state index contributed by atoms with van der Waals surface area (Å²) in [6.07, 6.45) is -4.63. The van der Waals surface area contributed by atoms with E-state index in [0.717, 1.165) is 13.2 Å². The first kappa shape index (κ1) is 29.3. The van der Waals surface area contributed by atoms with Crippen molar-refractivity contribution in [3.63, 3.8) is 0 Å². The Balaban J connectivity index is 2.55. The van der Waals surface area contributed by atoms with Crippen molar-refractivity contribution >= 4 is 5.97 Å². The molecule has 11 heteroatoms. The van der Waals surface area contributed by atoms with E-state index in [1.54, 1.807) is 13.8 Å². The fourth-order valence-electron chi connectivity index (χ4n) is 3.54. The Morgan fingerprint density at radius 3 is 2.19 bits per heavy atom. The van der Waals surface area contributed by atoms with Crippen molar-refractivity contribution in [1.29, 1.82) is 0 Å². The largest absolute Gasteiger partial charge is 0.468 e. The summed E-state index contributed by atoms with van der Waals surface area (Å²) >= 11 is 0. The molecule has 0 heterocycles. The average Bonchev–Trinajstić information content (AvgIpc) is 2.83. The first-order chi connectivity index (χ1) is 17.0. The van der Waals surface area contributed by atoms with Crippen molar-refractivity contribution in [3.8, 4) is 22.6 Å². The van der Waals surface area contributed by atoms with Gasteiger partial charge in [0.25, 0.3) is 0 Å². The quantitative estimate of drug-likeness (QED) is 0.221. The van der Waals surface area contributed by atoms with Crippen molar-refractivity contribution in [2.24, 2.45) is 5.92 Å². The van der Waals surface area contributed by atoms with Gasteiger partial charge in [-0.25, -0.2) is 4.39 Å². The van der Waals surface area contributed by atoms with E-state index in [1.165, 1.54) is 44.6 Å². The maximum atomic E-state index is 14.7. The third-order valence-electron chi connectivity index (χ3n) is 5.13. The monoisotopic (exact) mass is 517 g/mol. The van der Waals surface area contributed by atoms with Gasteiger partial charge in [0.1, 0.15) is 29.4 Å². The third-order valence-corrected chi connectivity index (χ3v) is 5.13. The van der Waals surface area contributed by atoms with Crippen LogP contribution in [0.1, 0.15) is 31.9 Å². The number of hydrogen-bond donors (Lipinski definition) is 1. The van der Waals surface area contributed by atoms with Crippen LogP contribution in [-0.2, 0) is 19.0 Å². The van der Waals surface area contributed by atoms with E-state index in [2.05, 4.69) is 5.32 Å². The molecule has 2 aromatic rings. The summed E-state index contributed by atoms with van der Waals surface area (Å²) < 4.78 is 82.5. The maximum absolute atomic E-state index is 14.7. The molecule has 0 bridgehead atoms. The number of nitrogens with one attached hydrogen (secondary N) is 1. The number of ether oxygens (including phenoxy) is 5. The fourth-order valence-corrected chi connectivity index (χ4v) is 3.54. The van der Waals surface area contributed by atoms with Crippen LogP contribution in [0, 0.1) is 11.7 Å². The normalized spacial score (nSPS) is 13.4. The van der Waals surface area contributed by atoms with Gasteiger partial charge in [0.15, 0.2) is 13.6 Å². The van der Waals surface area contributed by atoms with Crippen molar-refractivity contribution in [2.45, 2.75) is 38.5 Å². The zero-order chi connectivity index (χ0) is 26.9. The Morgan fingerprint density at radius 1 is 0.944 bits per heavy atom. The highest BCUT2D eigenvalue weighted by molar-refractivity contribution is 5.76. The van der Waals surface area contributed by atoms with Gasteiger partial charge in [-0.1, -0.05) is 26.0 Å². The van der Waals surface area contributed by atoms with Crippen LogP contribution in [0.15, 0.2) is 36.4 Å². The van der Waals surface area contributed by atoms with E-state index in [4.69, 9.17) is 23.7 Å². The summed E-state index contributed by atoms with van der Waals surface area (Å²) in [5, 5.41) is 2.38. The topological polar surface area (TPSA) is 75.3 Å². The first-order valence-electron chi connectivity index (χ1n) is 11.1. The van der Waals surface area contributed by atoms with Crippen LogP contribution in [0.2, 0.25) is 0 Å². The van der Waals surface area contributed by atoms with E-state index in [0.29, 0.717) is 5.75 Å². The zero-order valence-corrected chi connectivity index (χ0v) is 20.8. The molecular weight excluding hydrogens is 486 g/mol. The molecule has 0 aliphatic carbocycles. The number of halogens is 4. The van der Waals surface area contributed by atoms with Crippen molar-refractivity contribution in [1.82, 2.24) is 5.32 Å². The van der Waals surface area contributed by atoms with E-state index >= 15 is 0 Å². The highest BCUT2D eigenvalue weighted by atomic mass is 19.4. The lowest BCUT2D eigenvalue weighted by molar-refractivity contribution is -0.164. The maximum Gasteiger partial charge on any atom is 0.407 e. The Labute approximate surface area is 207 Å². The van der Waals surface area contributed by atoms with E-state index in [9.17, 15) is 22.4 Å². The minimum Gasteiger partial charge on any atom is -0.468 e. The molecule has 0 fully saturated rings. The molecule has 0 aliphatic heterocycles. The van der Waals surface area contributed by atoms with Gasteiger partial charge in [-0.15, -0.1) is 0 Å². The Hall–Kier alpha value is -2.89. The molecule has 1 N–H and O–H groups in total. The molecule has 0 amide bonds. The second kappa shape index (κ2) is 13.4. The number of alkyl halides is 3. The van der Waals surface area contributed by atoms with Crippen LogP contribution in [0.3, 0.4) is 0 Å². The molecule has 0 saturated heterocycles. The summed E-state index contributed by atoms with van der Waals surface area (Å²) in [5.41, 5.74) is -0.00369. The summed E-state index contributed by atoms with van der Waals surface area (Å²) in [6, 6.07) is 4.19.